The number of nitrogens with two attached hydrogens (primary N) is 1. The molecule has 1 atom stereocenters. The van der Waals surface area contributed by atoms with Gasteiger partial charge in [0.25, 0.3) is 0 Å². The van der Waals surface area contributed by atoms with Crippen molar-refractivity contribution in [3.63, 3.8) is 0 Å². The van der Waals surface area contributed by atoms with Crippen molar-refractivity contribution in [2.45, 2.75) is 31.7 Å². The second kappa shape index (κ2) is 7.22. The van der Waals surface area contributed by atoms with Crippen molar-refractivity contribution < 1.29 is 14.3 Å². The summed E-state index contributed by atoms with van der Waals surface area (Å²) in [5, 5.41) is 0. The summed E-state index contributed by atoms with van der Waals surface area (Å²) in [6, 6.07) is 0.321. The lowest BCUT2D eigenvalue weighted by atomic mass is 9.97. The van der Waals surface area contributed by atoms with Crippen molar-refractivity contribution in [2.75, 3.05) is 40.3 Å². The van der Waals surface area contributed by atoms with Gasteiger partial charge in [0.2, 0.25) is 5.91 Å². The van der Waals surface area contributed by atoms with Crippen molar-refractivity contribution in [1.82, 2.24) is 9.80 Å². The molecule has 0 aromatic heterocycles. The average molecular weight is 297 g/mol. The van der Waals surface area contributed by atoms with Gasteiger partial charge in [0.05, 0.1) is 19.6 Å². The number of methoxy groups -OCH3 is 1. The van der Waals surface area contributed by atoms with Crippen LogP contribution in [-0.4, -0.2) is 68.1 Å². The molecule has 2 N–H and O–H groups in total. The highest BCUT2D eigenvalue weighted by atomic mass is 16.5. The Balaban J connectivity index is 1.77. The number of ether oxygens (including phenoxy) is 1. The van der Waals surface area contributed by atoms with E-state index >= 15 is 0 Å². The number of likely N-dealkylation sites (N-methyl/N-ethyl adjacent to an activating group) is 1. The van der Waals surface area contributed by atoms with Gasteiger partial charge >= 0.3 is 5.97 Å². The fourth-order valence-electron chi connectivity index (χ4n) is 3.18. The lowest BCUT2D eigenvalue weighted by Gasteiger charge is -2.33. The quantitative estimate of drug-likeness (QED) is 0.702. The lowest BCUT2D eigenvalue weighted by molar-refractivity contribution is -0.149. The van der Waals surface area contributed by atoms with Crippen LogP contribution in [0.15, 0.2) is 0 Å². The van der Waals surface area contributed by atoms with Crippen molar-refractivity contribution in [3.05, 3.63) is 0 Å². The van der Waals surface area contributed by atoms with Gasteiger partial charge in [0.1, 0.15) is 0 Å². The van der Waals surface area contributed by atoms with Gasteiger partial charge in [-0.05, 0) is 38.6 Å². The van der Waals surface area contributed by atoms with Crippen LogP contribution in [0.4, 0.5) is 0 Å². The minimum absolute atomic E-state index is 0.0555. The topological polar surface area (TPSA) is 75.9 Å². The summed E-state index contributed by atoms with van der Waals surface area (Å²) in [6.07, 6.45) is 3.85. The maximum atomic E-state index is 12.3. The number of piperidine rings is 1. The van der Waals surface area contributed by atoms with Crippen LogP contribution in [0.3, 0.4) is 0 Å². The van der Waals surface area contributed by atoms with Crippen LogP contribution >= 0.6 is 0 Å². The first-order chi connectivity index (χ1) is 10.1. The first kappa shape index (κ1) is 16.2. The Bertz CT molecular complexity index is 376. The predicted octanol–water partition coefficient (Wildman–Crippen LogP) is 0.0671. The average Bonchev–Trinajstić information content (AvgIpc) is 3.32. The molecule has 21 heavy (non-hydrogen) atoms. The first-order valence-corrected chi connectivity index (χ1v) is 7.82. The second-order valence-electron chi connectivity index (χ2n) is 6.23. The third-order valence-corrected chi connectivity index (χ3v) is 4.74. The number of nitrogens with zero attached hydrogens (tertiary/aromatic N) is 2. The number of hydrogen-bond acceptors (Lipinski definition) is 5. The predicted molar refractivity (Wildman–Crippen MR) is 79.5 cm³/mol. The Labute approximate surface area is 126 Å². The highest BCUT2D eigenvalue weighted by molar-refractivity contribution is 5.79. The number of rotatable bonds is 6. The highest BCUT2D eigenvalue weighted by Gasteiger charge is 2.34. The van der Waals surface area contributed by atoms with Gasteiger partial charge in [-0.3, -0.25) is 14.5 Å². The molecule has 0 aromatic rings. The normalized spacial score (nSPS) is 21.4. The number of likely N-dealkylation sites (tertiary alicyclic amines) is 1. The molecule has 1 heterocycles. The third kappa shape index (κ3) is 4.17. The molecular formula is C15H27N3O3. The molecule has 0 aromatic carbocycles. The molecule has 0 spiro atoms. The first-order valence-electron chi connectivity index (χ1n) is 7.82. The van der Waals surface area contributed by atoms with Crippen LogP contribution in [0.1, 0.15) is 25.7 Å². The Hall–Kier alpha value is -1.14. The fraction of sp³-hybridized carbons (Fsp3) is 0.867. The zero-order chi connectivity index (χ0) is 15.4. The summed E-state index contributed by atoms with van der Waals surface area (Å²) >= 11 is 0. The van der Waals surface area contributed by atoms with E-state index in [-0.39, 0.29) is 17.8 Å². The molecule has 1 amide bonds. The maximum absolute atomic E-state index is 12.3. The van der Waals surface area contributed by atoms with Crippen molar-refractivity contribution in [3.8, 4) is 0 Å². The van der Waals surface area contributed by atoms with E-state index in [0.717, 1.165) is 0 Å². The number of amides is 1. The molecule has 6 nitrogen and oxygen atoms in total. The summed E-state index contributed by atoms with van der Waals surface area (Å²) < 4.78 is 4.76. The van der Waals surface area contributed by atoms with Crippen molar-refractivity contribution >= 4 is 11.9 Å². The van der Waals surface area contributed by atoms with Crippen LogP contribution in [-0.2, 0) is 14.3 Å². The summed E-state index contributed by atoms with van der Waals surface area (Å²) in [6.45, 7) is 2.31. The molecule has 1 saturated heterocycles. The summed E-state index contributed by atoms with van der Waals surface area (Å²) in [5.74, 6) is 0.592. The second-order valence-corrected chi connectivity index (χ2v) is 6.23. The monoisotopic (exact) mass is 297 g/mol. The molecule has 0 bridgehead atoms. The zero-order valence-electron chi connectivity index (χ0n) is 13.1. The van der Waals surface area contributed by atoms with Crippen molar-refractivity contribution in [2.24, 2.45) is 17.6 Å². The standard InChI is InChI=1S/C15H27N3O3/c1-17(13(9-16)11-3-4-11)10-14(19)18-7-5-12(6-8-18)15(20)21-2/h11-13H,3-10,16H2,1-2H3. The minimum atomic E-state index is -0.156. The molecule has 120 valence electrons. The van der Waals surface area contributed by atoms with Gasteiger partial charge in [0, 0.05) is 25.7 Å². The molecular weight excluding hydrogens is 270 g/mol. The van der Waals surface area contributed by atoms with E-state index in [4.69, 9.17) is 10.5 Å². The fourth-order valence-corrected chi connectivity index (χ4v) is 3.18. The summed E-state index contributed by atoms with van der Waals surface area (Å²) in [5.41, 5.74) is 5.82. The van der Waals surface area contributed by atoms with Gasteiger partial charge in [-0.15, -0.1) is 0 Å². The van der Waals surface area contributed by atoms with Crippen LogP contribution in [0.5, 0.6) is 0 Å². The van der Waals surface area contributed by atoms with E-state index in [9.17, 15) is 9.59 Å². The summed E-state index contributed by atoms with van der Waals surface area (Å²) in [7, 11) is 3.40. The Morgan fingerprint density at radius 3 is 2.38 bits per heavy atom. The molecule has 0 radical (unpaired) electrons. The number of carbonyl (C=O) groups excluding carboxylic acids is 2. The number of esters is 1. The van der Waals surface area contributed by atoms with Gasteiger partial charge in [-0.2, -0.15) is 0 Å². The Morgan fingerprint density at radius 2 is 1.90 bits per heavy atom. The van der Waals surface area contributed by atoms with E-state index in [1.165, 1.54) is 20.0 Å². The van der Waals surface area contributed by atoms with Gasteiger partial charge in [-0.1, -0.05) is 0 Å². The van der Waals surface area contributed by atoms with Gasteiger partial charge in [0.15, 0.2) is 0 Å². The van der Waals surface area contributed by atoms with Crippen molar-refractivity contribution in [1.29, 1.82) is 0 Å². The highest BCUT2D eigenvalue weighted by Crippen LogP contribution is 2.34. The summed E-state index contributed by atoms with van der Waals surface area (Å²) in [4.78, 5) is 27.8. The largest absolute Gasteiger partial charge is 0.469 e. The molecule has 1 aliphatic carbocycles. The van der Waals surface area contributed by atoms with E-state index in [1.54, 1.807) is 0 Å². The zero-order valence-corrected chi connectivity index (χ0v) is 13.1. The van der Waals surface area contributed by atoms with Gasteiger partial charge < -0.3 is 15.4 Å². The minimum Gasteiger partial charge on any atom is -0.469 e. The van der Waals surface area contributed by atoms with E-state index in [2.05, 4.69) is 4.90 Å². The Morgan fingerprint density at radius 1 is 1.29 bits per heavy atom. The maximum Gasteiger partial charge on any atom is 0.308 e. The SMILES string of the molecule is COC(=O)C1CCN(C(=O)CN(C)C(CN)C2CC2)CC1. The molecule has 2 aliphatic rings. The third-order valence-electron chi connectivity index (χ3n) is 4.74. The molecule has 1 saturated carbocycles. The van der Waals surface area contributed by atoms with Crippen LogP contribution in [0, 0.1) is 11.8 Å². The smallest absolute Gasteiger partial charge is 0.308 e. The molecule has 2 rings (SSSR count). The Kier molecular flexibility index (Phi) is 5.58. The van der Waals surface area contributed by atoms with Crippen LogP contribution in [0.2, 0.25) is 0 Å². The van der Waals surface area contributed by atoms with E-state index in [1.807, 2.05) is 11.9 Å². The lowest BCUT2D eigenvalue weighted by Crippen LogP contribution is -2.48. The van der Waals surface area contributed by atoms with Crippen LogP contribution in [0.25, 0.3) is 0 Å². The number of carbonyl (C=O) groups is 2. The molecule has 1 unspecified atom stereocenters. The van der Waals surface area contributed by atoms with E-state index in [0.29, 0.717) is 51.0 Å². The molecule has 6 heteroatoms. The van der Waals surface area contributed by atoms with Gasteiger partial charge in [-0.25, -0.2) is 0 Å². The van der Waals surface area contributed by atoms with E-state index < -0.39 is 0 Å². The van der Waals surface area contributed by atoms with Crippen LogP contribution < -0.4 is 5.73 Å². The number of hydrogen-bond donors (Lipinski definition) is 1. The molecule has 1 aliphatic heterocycles. The molecule has 2 fully saturated rings.